The van der Waals surface area contributed by atoms with Gasteiger partial charge in [-0.2, -0.15) is 4.98 Å². The molecule has 0 atom stereocenters. The van der Waals surface area contributed by atoms with Gasteiger partial charge in [0.05, 0.1) is 4.92 Å². The summed E-state index contributed by atoms with van der Waals surface area (Å²) >= 11 is 6.89. The molecule has 0 saturated heterocycles. The Balaban J connectivity index is 3.22. The maximum atomic E-state index is 10.7. The Kier molecular flexibility index (Phi) is 4.51. The Morgan fingerprint density at radius 2 is 2.38 bits per heavy atom. The van der Waals surface area contributed by atoms with Crippen LogP contribution in [-0.4, -0.2) is 27.8 Å². The molecule has 16 heavy (non-hydrogen) atoms. The Morgan fingerprint density at radius 1 is 1.69 bits per heavy atom. The summed E-state index contributed by atoms with van der Waals surface area (Å²) in [7, 11) is 0. The number of nitrogens with zero attached hydrogens (tertiary/aromatic N) is 3. The van der Waals surface area contributed by atoms with Crippen LogP contribution in [0.4, 0.5) is 5.69 Å². The number of hydrogen-bond donors (Lipinski definition) is 0. The molecule has 0 amide bonds. The standard InChI is InChI=1S/C8H8ClN3O3S/c1-3-4-15-7-5(12(13)14)6(9)10-8(11-7)16-2/h3H,1,4H2,2H3. The zero-order chi connectivity index (χ0) is 12.1. The van der Waals surface area contributed by atoms with Crippen molar-refractivity contribution in [2.24, 2.45) is 0 Å². The molecule has 0 radical (unpaired) electrons. The van der Waals surface area contributed by atoms with Crippen molar-refractivity contribution in [1.82, 2.24) is 9.97 Å². The largest absolute Gasteiger partial charge is 0.468 e. The molecule has 0 aromatic carbocycles. The highest BCUT2D eigenvalue weighted by Gasteiger charge is 2.24. The fourth-order valence-corrected chi connectivity index (χ4v) is 1.51. The summed E-state index contributed by atoms with van der Waals surface area (Å²) in [6.07, 6.45) is 3.19. The summed E-state index contributed by atoms with van der Waals surface area (Å²) in [5.41, 5.74) is -0.429. The van der Waals surface area contributed by atoms with Gasteiger partial charge < -0.3 is 4.74 Å². The van der Waals surface area contributed by atoms with Crippen molar-refractivity contribution in [3.63, 3.8) is 0 Å². The lowest BCUT2D eigenvalue weighted by Crippen LogP contribution is -2.03. The number of hydrogen-bond acceptors (Lipinski definition) is 6. The molecule has 0 spiro atoms. The van der Waals surface area contributed by atoms with Crippen LogP contribution in [0.25, 0.3) is 0 Å². The van der Waals surface area contributed by atoms with E-state index in [1.807, 2.05) is 0 Å². The minimum atomic E-state index is -0.676. The molecule has 0 N–H and O–H groups in total. The summed E-state index contributed by atoms with van der Waals surface area (Å²) < 4.78 is 5.06. The van der Waals surface area contributed by atoms with E-state index in [-0.39, 0.29) is 17.6 Å². The first-order chi connectivity index (χ1) is 7.60. The molecule has 1 rings (SSSR count). The molecule has 1 aromatic rings. The molecular weight excluding hydrogens is 254 g/mol. The monoisotopic (exact) mass is 261 g/mol. The highest BCUT2D eigenvalue weighted by Crippen LogP contribution is 2.33. The van der Waals surface area contributed by atoms with E-state index in [0.717, 1.165) is 0 Å². The van der Waals surface area contributed by atoms with Gasteiger partial charge in [0.1, 0.15) is 6.61 Å². The number of ether oxygens (including phenoxy) is 1. The number of rotatable bonds is 5. The number of aromatic nitrogens is 2. The van der Waals surface area contributed by atoms with E-state index in [4.69, 9.17) is 16.3 Å². The quantitative estimate of drug-likeness (QED) is 0.202. The van der Waals surface area contributed by atoms with Gasteiger partial charge in [0.2, 0.25) is 5.15 Å². The van der Waals surface area contributed by atoms with Crippen molar-refractivity contribution >= 4 is 29.1 Å². The lowest BCUT2D eigenvalue weighted by molar-refractivity contribution is -0.386. The lowest BCUT2D eigenvalue weighted by Gasteiger charge is -2.05. The molecule has 0 bridgehead atoms. The summed E-state index contributed by atoms with van der Waals surface area (Å²) in [6, 6.07) is 0. The third kappa shape index (κ3) is 2.83. The predicted molar refractivity (Wildman–Crippen MR) is 61.2 cm³/mol. The van der Waals surface area contributed by atoms with Gasteiger partial charge in [-0.25, -0.2) is 4.98 Å². The smallest absolute Gasteiger partial charge is 0.367 e. The van der Waals surface area contributed by atoms with Crippen molar-refractivity contribution in [2.45, 2.75) is 5.16 Å². The molecule has 8 heteroatoms. The van der Waals surface area contributed by atoms with Gasteiger partial charge in [-0.3, -0.25) is 10.1 Å². The van der Waals surface area contributed by atoms with Crippen molar-refractivity contribution < 1.29 is 9.66 Å². The van der Waals surface area contributed by atoms with Crippen LogP contribution in [0.15, 0.2) is 17.8 Å². The second-order valence-corrected chi connectivity index (χ2v) is 3.64. The molecule has 0 unspecified atom stereocenters. The zero-order valence-corrected chi connectivity index (χ0v) is 9.92. The number of thioether (sulfide) groups is 1. The predicted octanol–water partition coefficient (Wildman–Crippen LogP) is 2.32. The average Bonchev–Trinajstić information content (AvgIpc) is 2.24. The Bertz CT molecular complexity index is 427. The highest BCUT2D eigenvalue weighted by molar-refractivity contribution is 7.98. The Labute approximate surface area is 101 Å². The number of nitro groups is 1. The summed E-state index contributed by atoms with van der Waals surface area (Å²) in [5.74, 6) is -0.144. The molecule has 0 aliphatic rings. The zero-order valence-electron chi connectivity index (χ0n) is 8.34. The second kappa shape index (κ2) is 5.66. The number of halogens is 1. The van der Waals surface area contributed by atoms with Gasteiger partial charge in [0, 0.05) is 0 Å². The minimum Gasteiger partial charge on any atom is -0.468 e. The summed E-state index contributed by atoms with van der Waals surface area (Å²) in [5, 5.41) is 10.8. The molecule has 0 aliphatic heterocycles. The van der Waals surface area contributed by atoms with Crippen molar-refractivity contribution in [3.8, 4) is 5.88 Å². The van der Waals surface area contributed by atoms with Crippen molar-refractivity contribution in [3.05, 3.63) is 27.9 Å². The van der Waals surface area contributed by atoms with E-state index in [2.05, 4.69) is 16.5 Å². The minimum absolute atomic E-state index is 0.113. The first-order valence-corrected chi connectivity index (χ1v) is 5.70. The van der Waals surface area contributed by atoms with Crippen LogP contribution in [0.2, 0.25) is 5.15 Å². The van der Waals surface area contributed by atoms with E-state index in [9.17, 15) is 10.1 Å². The molecule has 86 valence electrons. The van der Waals surface area contributed by atoms with Crippen LogP contribution in [0.5, 0.6) is 5.88 Å². The van der Waals surface area contributed by atoms with Gasteiger partial charge in [0.25, 0.3) is 5.88 Å². The second-order valence-electron chi connectivity index (χ2n) is 2.51. The van der Waals surface area contributed by atoms with Gasteiger partial charge in [-0.1, -0.05) is 36.0 Å². The Hall–Kier alpha value is -1.34. The van der Waals surface area contributed by atoms with E-state index >= 15 is 0 Å². The van der Waals surface area contributed by atoms with Crippen LogP contribution in [-0.2, 0) is 0 Å². The summed E-state index contributed by atoms with van der Waals surface area (Å²) in [6.45, 7) is 3.55. The van der Waals surface area contributed by atoms with Gasteiger partial charge in [-0.15, -0.1) is 0 Å². The highest BCUT2D eigenvalue weighted by atomic mass is 35.5. The fourth-order valence-electron chi connectivity index (χ4n) is 0.873. The molecule has 0 fully saturated rings. The molecule has 1 heterocycles. The van der Waals surface area contributed by atoms with Crippen LogP contribution >= 0.6 is 23.4 Å². The topological polar surface area (TPSA) is 78.2 Å². The maximum Gasteiger partial charge on any atom is 0.367 e. The van der Waals surface area contributed by atoms with Crippen LogP contribution < -0.4 is 4.74 Å². The maximum absolute atomic E-state index is 10.7. The van der Waals surface area contributed by atoms with Crippen LogP contribution in [0.3, 0.4) is 0 Å². The normalized spacial score (nSPS) is 9.88. The third-order valence-corrected chi connectivity index (χ3v) is 2.30. The average molecular weight is 262 g/mol. The van der Waals surface area contributed by atoms with Gasteiger partial charge in [0.15, 0.2) is 5.16 Å². The van der Waals surface area contributed by atoms with Crippen LogP contribution in [0.1, 0.15) is 0 Å². The molecule has 0 aliphatic carbocycles. The Morgan fingerprint density at radius 3 is 2.88 bits per heavy atom. The first-order valence-electron chi connectivity index (χ1n) is 4.09. The van der Waals surface area contributed by atoms with Gasteiger partial charge in [-0.05, 0) is 6.26 Å². The van der Waals surface area contributed by atoms with E-state index in [0.29, 0.717) is 5.16 Å². The van der Waals surface area contributed by atoms with Crippen molar-refractivity contribution in [1.29, 1.82) is 0 Å². The van der Waals surface area contributed by atoms with Gasteiger partial charge >= 0.3 is 5.69 Å². The van der Waals surface area contributed by atoms with E-state index in [1.165, 1.54) is 17.8 Å². The summed E-state index contributed by atoms with van der Waals surface area (Å²) in [4.78, 5) is 17.7. The first kappa shape index (κ1) is 12.7. The molecule has 1 aromatic heterocycles. The van der Waals surface area contributed by atoms with E-state index < -0.39 is 10.6 Å². The molecule has 0 saturated carbocycles. The third-order valence-electron chi connectivity index (χ3n) is 1.49. The lowest BCUT2D eigenvalue weighted by atomic mass is 10.5. The van der Waals surface area contributed by atoms with Crippen LogP contribution in [0, 0.1) is 10.1 Å². The molecular formula is C8H8ClN3O3S. The van der Waals surface area contributed by atoms with Crippen molar-refractivity contribution in [2.75, 3.05) is 12.9 Å². The molecule has 6 nitrogen and oxygen atoms in total. The fraction of sp³-hybridized carbons (Fsp3) is 0.250. The SMILES string of the molecule is C=CCOc1nc(SC)nc(Cl)c1[N+](=O)[O-]. The van der Waals surface area contributed by atoms with E-state index in [1.54, 1.807) is 6.26 Å².